The molecule has 0 aliphatic heterocycles. The second-order valence-corrected chi connectivity index (χ2v) is 7.16. The zero-order valence-electron chi connectivity index (χ0n) is 17.9. The number of allylic oxidation sites excluding steroid dienone is 5. The van der Waals surface area contributed by atoms with Gasteiger partial charge in [0.2, 0.25) is 0 Å². The molecular formula is C23H37OY2-. The molecule has 2 radical (unpaired) electrons. The molecule has 3 heteroatoms. The van der Waals surface area contributed by atoms with Crippen LogP contribution in [0.25, 0.3) is 0 Å². The van der Waals surface area contributed by atoms with Crippen molar-refractivity contribution in [1.82, 2.24) is 0 Å². The van der Waals surface area contributed by atoms with Crippen molar-refractivity contribution >= 4 is 0 Å². The number of hydrogen-bond acceptors (Lipinski definition) is 1. The molecule has 0 rings (SSSR count). The van der Waals surface area contributed by atoms with Crippen LogP contribution in [0.5, 0.6) is 0 Å². The normalized spacial score (nSPS) is 16.1. The molecule has 0 fully saturated rings. The Bertz CT molecular complexity index is 480. The van der Waals surface area contributed by atoms with Crippen molar-refractivity contribution in [2.75, 3.05) is 0 Å². The van der Waals surface area contributed by atoms with Gasteiger partial charge >= 0.3 is 0 Å². The minimum atomic E-state index is -0.373. The average Bonchev–Trinajstić information content (AvgIpc) is 2.54. The van der Waals surface area contributed by atoms with Crippen LogP contribution < -0.4 is 0 Å². The Morgan fingerprint density at radius 3 is 2.19 bits per heavy atom. The van der Waals surface area contributed by atoms with Crippen LogP contribution in [-0.4, -0.2) is 11.2 Å². The first-order valence-corrected chi connectivity index (χ1v) is 9.28. The van der Waals surface area contributed by atoms with Gasteiger partial charge in [0.05, 0.1) is 6.10 Å². The zero-order chi connectivity index (χ0) is 18.5. The molecule has 0 heterocycles. The van der Waals surface area contributed by atoms with Crippen LogP contribution in [0, 0.1) is 35.5 Å². The molecule has 0 aliphatic rings. The van der Waals surface area contributed by atoms with E-state index in [1.54, 1.807) is 0 Å². The molecular weight excluding hydrogens is 470 g/mol. The molecule has 0 aliphatic carbocycles. The first-order valence-electron chi connectivity index (χ1n) is 9.28. The van der Waals surface area contributed by atoms with Crippen molar-refractivity contribution in [3.8, 4) is 11.8 Å². The van der Waals surface area contributed by atoms with Crippen LogP contribution in [0.3, 0.4) is 0 Å². The second-order valence-electron chi connectivity index (χ2n) is 7.16. The van der Waals surface area contributed by atoms with E-state index in [1.165, 1.54) is 12.8 Å². The second kappa shape index (κ2) is 19.1. The first kappa shape index (κ1) is 31.5. The fourth-order valence-electron chi connectivity index (χ4n) is 2.74. The van der Waals surface area contributed by atoms with E-state index in [4.69, 9.17) is 0 Å². The van der Waals surface area contributed by atoms with Gasteiger partial charge in [-0.1, -0.05) is 77.3 Å². The third-order valence-corrected chi connectivity index (χ3v) is 4.71. The third kappa shape index (κ3) is 14.8. The summed E-state index contributed by atoms with van der Waals surface area (Å²) < 4.78 is 0. The van der Waals surface area contributed by atoms with Crippen molar-refractivity contribution in [2.24, 2.45) is 17.8 Å². The van der Waals surface area contributed by atoms with Crippen molar-refractivity contribution in [3.05, 3.63) is 41.9 Å². The maximum atomic E-state index is 10.6. The maximum absolute atomic E-state index is 10.6. The van der Waals surface area contributed by atoms with Crippen molar-refractivity contribution < 1.29 is 70.5 Å². The van der Waals surface area contributed by atoms with Gasteiger partial charge in [-0.15, -0.1) is 13.8 Å². The van der Waals surface area contributed by atoms with Crippen molar-refractivity contribution in [2.45, 2.75) is 73.8 Å². The van der Waals surface area contributed by atoms with E-state index >= 15 is 0 Å². The largest absolute Gasteiger partial charge is 0.388 e. The number of rotatable bonds is 9. The summed E-state index contributed by atoms with van der Waals surface area (Å²) in [5, 5.41) is 10.6. The first-order chi connectivity index (χ1) is 11.3. The van der Waals surface area contributed by atoms with E-state index in [1.807, 2.05) is 51.2 Å². The minimum absolute atomic E-state index is 0. The molecule has 0 amide bonds. The van der Waals surface area contributed by atoms with Crippen LogP contribution in [0.15, 0.2) is 36.0 Å². The summed E-state index contributed by atoms with van der Waals surface area (Å²) in [7, 11) is 0. The topological polar surface area (TPSA) is 20.2 Å². The van der Waals surface area contributed by atoms with Crippen LogP contribution in [-0.2, 0) is 65.4 Å². The van der Waals surface area contributed by atoms with E-state index in [2.05, 4.69) is 39.5 Å². The number of aliphatic hydroxyl groups is 1. The van der Waals surface area contributed by atoms with E-state index in [0.29, 0.717) is 11.8 Å². The van der Waals surface area contributed by atoms with E-state index < -0.39 is 0 Å². The molecule has 4 unspecified atom stereocenters. The van der Waals surface area contributed by atoms with E-state index in [-0.39, 0.29) is 77.4 Å². The number of hydrogen-bond donors (Lipinski definition) is 1. The predicted molar refractivity (Wildman–Crippen MR) is 107 cm³/mol. The Morgan fingerprint density at radius 2 is 1.65 bits per heavy atom. The predicted octanol–water partition coefficient (Wildman–Crippen LogP) is 6.12. The Morgan fingerprint density at radius 1 is 1.04 bits per heavy atom. The van der Waals surface area contributed by atoms with E-state index in [0.717, 1.165) is 17.9 Å². The van der Waals surface area contributed by atoms with Crippen molar-refractivity contribution in [3.63, 3.8) is 0 Å². The average molecular weight is 507 g/mol. The SMILES string of the molecule is CCCC(C)C(C)C(C)C(O)/C(C)=C/C=C/C=C\CC#C[C-](C)C.[Y].[Y]. The molecule has 4 atom stereocenters. The molecule has 0 aromatic heterocycles. The van der Waals surface area contributed by atoms with Crippen LogP contribution >= 0.6 is 0 Å². The van der Waals surface area contributed by atoms with Crippen LogP contribution in [0.4, 0.5) is 0 Å². The van der Waals surface area contributed by atoms with Gasteiger partial charge in [-0.25, -0.2) is 0 Å². The Hall–Kier alpha value is 0.818. The molecule has 0 bridgehead atoms. The Kier molecular flexibility index (Phi) is 23.2. The van der Waals surface area contributed by atoms with E-state index in [9.17, 15) is 5.11 Å². The third-order valence-electron chi connectivity index (χ3n) is 4.71. The summed E-state index contributed by atoms with van der Waals surface area (Å²) in [6.07, 6.45) is 12.9. The van der Waals surface area contributed by atoms with Crippen LogP contribution in [0.1, 0.15) is 67.7 Å². The molecule has 0 spiro atoms. The van der Waals surface area contributed by atoms with Gasteiger partial charge < -0.3 is 11.0 Å². The molecule has 0 aromatic rings. The summed E-state index contributed by atoms with van der Waals surface area (Å²) in [5.41, 5.74) is 1.03. The molecule has 0 saturated carbocycles. The van der Waals surface area contributed by atoms with Gasteiger partial charge in [0.15, 0.2) is 0 Å². The smallest absolute Gasteiger partial charge is 0.0778 e. The molecule has 0 saturated heterocycles. The maximum Gasteiger partial charge on any atom is 0.0778 e. The van der Waals surface area contributed by atoms with Crippen LogP contribution in [0.2, 0.25) is 0 Å². The van der Waals surface area contributed by atoms with Gasteiger partial charge in [0.25, 0.3) is 0 Å². The minimum Gasteiger partial charge on any atom is -0.388 e. The van der Waals surface area contributed by atoms with Gasteiger partial charge in [0, 0.05) is 65.4 Å². The summed E-state index contributed by atoms with van der Waals surface area (Å²) in [5.74, 6) is 8.73. The molecule has 1 N–H and O–H groups in total. The molecule has 0 aromatic carbocycles. The zero-order valence-corrected chi connectivity index (χ0v) is 23.6. The Balaban J connectivity index is -0.00000264. The van der Waals surface area contributed by atoms with Crippen molar-refractivity contribution in [1.29, 1.82) is 0 Å². The monoisotopic (exact) mass is 507 g/mol. The van der Waals surface area contributed by atoms with Gasteiger partial charge in [-0.2, -0.15) is 5.92 Å². The standard InChI is InChI=1S/C23H37O.2Y/c1-8-15-19(4)21(6)22(7)23(24)20(5)17-14-12-10-9-11-13-16-18(2)3;;/h9-10,12,14,17,19,21-24H,8,11,15H2,1-7H3;;/q-1;;/b10-9-,14-12+,20-17+;;. The quantitative estimate of drug-likeness (QED) is 0.227. The molecule has 1 nitrogen and oxygen atoms in total. The summed E-state index contributed by atoms with van der Waals surface area (Å²) in [6, 6.07) is 0. The summed E-state index contributed by atoms with van der Waals surface area (Å²) in [4.78, 5) is 0. The van der Waals surface area contributed by atoms with Gasteiger partial charge in [-0.3, -0.25) is 5.92 Å². The summed E-state index contributed by atoms with van der Waals surface area (Å²) >= 11 is 0. The Labute approximate surface area is 213 Å². The fourth-order valence-corrected chi connectivity index (χ4v) is 2.74. The fraction of sp³-hybridized carbons (Fsp3) is 0.609. The number of aliphatic hydroxyl groups excluding tert-OH is 1. The van der Waals surface area contributed by atoms with Gasteiger partial charge in [0.1, 0.15) is 0 Å². The summed E-state index contributed by atoms with van der Waals surface area (Å²) in [6.45, 7) is 15.0. The molecule has 26 heavy (non-hydrogen) atoms. The molecule has 142 valence electrons. The van der Waals surface area contributed by atoms with Gasteiger partial charge in [-0.05, 0) is 30.3 Å².